The molecule has 0 atom stereocenters. The van der Waals surface area contributed by atoms with Gasteiger partial charge in [0, 0.05) is 63.7 Å². The smallest absolute Gasteiger partial charge is 0.263 e. The summed E-state index contributed by atoms with van der Waals surface area (Å²) in [6.45, 7) is 6.31. The Balaban J connectivity index is 1.79. The topological polar surface area (TPSA) is 78.8 Å². The molecule has 0 bridgehead atoms. The molecule has 31 heavy (non-hydrogen) atoms. The van der Waals surface area contributed by atoms with Crippen LogP contribution in [0.1, 0.15) is 35.7 Å². The first-order chi connectivity index (χ1) is 14.6. The number of carbonyl (C=O) groups is 1. The van der Waals surface area contributed by atoms with Gasteiger partial charge in [0.1, 0.15) is 0 Å². The molecule has 1 amide bonds. The van der Waals surface area contributed by atoms with E-state index in [0.717, 1.165) is 24.1 Å². The molecule has 2 heterocycles. The molecule has 170 valence electrons. The number of piperazine rings is 1. The molecule has 1 aromatic heterocycles. The number of aromatic nitrogens is 2. The van der Waals surface area contributed by atoms with E-state index in [2.05, 4.69) is 10.00 Å². The highest BCUT2D eigenvalue weighted by molar-refractivity contribution is 7.89. The average Bonchev–Trinajstić information content (AvgIpc) is 3.15. The standard InChI is InChI=1S/C21H30ClN5O3S/c1-5-6-9-24(3)21(28)18-15-25(4)23-20(18)31(29,30)27-12-10-26(11-13-27)19-14-17(22)8-7-16(19)2/h7-8,14-15H,5-6,9-13H2,1-4H3. The normalized spacial score (nSPS) is 15.3. The van der Waals surface area contributed by atoms with Crippen LogP contribution in [0.25, 0.3) is 0 Å². The number of anilines is 1. The van der Waals surface area contributed by atoms with E-state index in [4.69, 9.17) is 11.6 Å². The Morgan fingerprint density at radius 1 is 1.23 bits per heavy atom. The Morgan fingerprint density at radius 2 is 1.90 bits per heavy atom. The molecule has 1 aliphatic heterocycles. The molecule has 0 saturated carbocycles. The molecule has 0 N–H and O–H groups in total. The Labute approximate surface area is 189 Å². The first kappa shape index (κ1) is 23.6. The Bertz CT molecular complexity index is 1050. The maximum absolute atomic E-state index is 13.4. The van der Waals surface area contributed by atoms with E-state index in [-0.39, 0.29) is 16.5 Å². The molecule has 0 unspecified atom stereocenters. The van der Waals surface area contributed by atoms with Crippen LogP contribution in [0.5, 0.6) is 0 Å². The lowest BCUT2D eigenvalue weighted by molar-refractivity contribution is 0.0789. The zero-order valence-corrected chi connectivity index (χ0v) is 20.1. The SMILES string of the molecule is CCCCN(C)C(=O)c1cn(C)nc1S(=O)(=O)N1CCN(c2cc(Cl)ccc2C)CC1. The van der Waals surface area contributed by atoms with E-state index in [0.29, 0.717) is 37.7 Å². The lowest BCUT2D eigenvalue weighted by atomic mass is 10.1. The summed E-state index contributed by atoms with van der Waals surface area (Å²) in [6.07, 6.45) is 3.30. The predicted octanol–water partition coefficient (Wildman–Crippen LogP) is 2.76. The summed E-state index contributed by atoms with van der Waals surface area (Å²) < 4.78 is 29.5. The molecule has 0 aliphatic carbocycles. The van der Waals surface area contributed by atoms with Crippen LogP contribution in [0.3, 0.4) is 0 Å². The number of carbonyl (C=O) groups excluding carboxylic acids is 1. The van der Waals surface area contributed by atoms with Crippen LogP contribution in [-0.2, 0) is 17.1 Å². The van der Waals surface area contributed by atoms with Crippen molar-refractivity contribution in [3.8, 4) is 0 Å². The van der Waals surface area contributed by atoms with Gasteiger partial charge in [-0.15, -0.1) is 0 Å². The van der Waals surface area contributed by atoms with Crippen LogP contribution >= 0.6 is 11.6 Å². The van der Waals surface area contributed by atoms with Crippen LogP contribution in [0.2, 0.25) is 5.02 Å². The van der Waals surface area contributed by atoms with E-state index in [1.54, 1.807) is 19.0 Å². The second-order valence-electron chi connectivity index (χ2n) is 7.92. The zero-order valence-electron chi connectivity index (χ0n) is 18.5. The first-order valence-electron chi connectivity index (χ1n) is 10.5. The molecule has 10 heteroatoms. The molecule has 1 saturated heterocycles. The fraction of sp³-hybridized carbons (Fsp3) is 0.524. The van der Waals surface area contributed by atoms with Crippen molar-refractivity contribution >= 4 is 33.2 Å². The van der Waals surface area contributed by atoms with Crippen molar-refractivity contribution < 1.29 is 13.2 Å². The molecule has 0 spiro atoms. The monoisotopic (exact) mass is 467 g/mol. The third kappa shape index (κ3) is 5.05. The third-order valence-electron chi connectivity index (χ3n) is 5.55. The number of hydrogen-bond donors (Lipinski definition) is 0. The summed E-state index contributed by atoms with van der Waals surface area (Å²) in [5, 5.41) is 4.63. The predicted molar refractivity (Wildman–Crippen MR) is 122 cm³/mol. The van der Waals surface area contributed by atoms with Crippen molar-refractivity contribution in [2.75, 3.05) is 44.7 Å². The maximum atomic E-state index is 13.4. The van der Waals surface area contributed by atoms with Crippen LogP contribution in [0, 0.1) is 6.92 Å². The number of aryl methyl sites for hydroxylation is 2. The van der Waals surface area contributed by atoms with E-state index in [9.17, 15) is 13.2 Å². The van der Waals surface area contributed by atoms with Crippen molar-refractivity contribution in [2.45, 2.75) is 31.7 Å². The minimum Gasteiger partial charge on any atom is -0.369 e. The van der Waals surface area contributed by atoms with Gasteiger partial charge in [0.25, 0.3) is 15.9 Å². The van der Waals surface area contributed by atoms with E-state index < -0.39 is 10.0 Å². The van der Waals surface area contributed by atoms with Crippen LogP contribution < -0.4 is 4.90 Å². The molecule has 1 aromatic carbocycles. The Hall–Kier alpha value is -2.10. The fourth-order valence-corrected chi connectivity index (χ4v) is 5.43. The number of amides is 1. The van der Waals surface area contributed by atoms with Crippen LogP contribution in [-0.4, -0.2) is 73.1 Å². The summed E-state index contributed by atoms with van der Waals surface area (Å²) in [6, 6.07) is 5.71. The van der Waals surface area contributed by atoms with Crippen molar-refractivity contribution in [2.24, 2.45) is 7.05 Å². The quantitative estimate of drug-likeness (QED) is 0.625. The first-order valence-corrected chi connectivity index (χ1v) is 12.3. The number of benzene rings is 1. The van der Waals surface area contributed by atoms with Crippen molar-refractivity contribution in [1.29, 1.82) is 0 Å². The van der Waals surface area contributed by atoms with Gasteiger partial charge in [0.05, 0.1) is 5.56 Å². The van der Waals surface area contributed by atoms with Gasteiger partial charge in [-0.05, 0) is 31.0 Å². The Kier molecular flexibility index (Phi) is 7.28. The van der Waals surface area contributed by atoms with Gasteiger partial charge in [0.15, 0.2) is 0 Å². The summed E-state index contributed by atoms with van der Waals surface area (Å²) >= 11 is 6.14. The van der Waals surface area contributed by atoms with Gasteiger partial charge < -0.3 is 9.80 Å². The largest absolute Gasteiger partial charge is 0.369 e. The van der Waals surface area contributed by atoms with Crippen LogP contribution in [0.15, 0.2) is 29.4 Å². The number of nitrogens with zero attached hydrogens (tertiary/aromatic N) is 5. The molecular weight excluding hydrogens is 438 g/mol. The van der Waals surface area contributed by atoms with Gasteiger partial charge in [-0.3, -0.25) is 9.48 Å². The van der Waals surface area contributed by atoms with Crippen LogP contribution in [0.4, 0.5) is 5.69 Å². The third-order valence-corrected chi connectivity index (χ3v) is 7.62. The van der Waals surface area contributed by atoms with Gasteiger partial charge in [-0.1, -0.05) is 31.0 Å². The molecule has 8 nitrogen and oxygen atoms in total. The molecule has 1 fully saturated rings. The molecule has 2 aromatic rings. The van der Waals surface area contributed by atoms with Crippen molar-refractivity contribution in [1.82, 2.24) is 19.0 Å². The van der Waals surface area contributed by atoms with Gasteiger partial charge in [-0.25, -0.2) is 8.42 Å². The van der Waals surface area contributed by atoms with Gasteiger partial charge in [0.2, 0.25) is 5.03 Å². The second-order valence-corrected chi connectivity index (χ2v) is 10.2. The van der Waals surface area contributed by atoms with Gasteiger partial charge >= 0.3 is 0 Å². The second kappa shape index (κ2) is 9.58. The highest BCUT2D eigenvalue weighted by atomic mass is 35.5. The molecule has 0 radical (unpaired) electrons. The number of hydrogen-bond acceptors (Lipinski definition) is 5. The molecule has 3 rings (SSSR count). The highest BCUT2D eigenvalue weighted by Crippen LogP contribution is 2.27. The summed E-state index contributed by atoms with van der Waals surface area (Å²) in [5.41, 5.74) is 2.22. The van der Waals surface area contributed by atoms with E-state index >= 15 is 0 Å². The van der Waals surface area contributed by atoms with E-state index in [1.165, 1.54) is 15.2 Å². The Morgan fingerprint density at radius 3 is 2.55 bits per heavy atom. The van der Waals surface area contributed by atoms with E-state index in [1.807, 2.05) is 32.0 Å². The van der Waals surface area contributed by atoms with Gasteiger partial charge in [-0.2, -0.15) is 9.40 Å². The number of unbranched alkanes of at least 4 members (excludes halogenated alkanes) is 1. The number of rotatable bonds is 7. The summed E-state index contributed by atoms with van der Waals surface area (Å²) in [7, 11) is -0.579. The highest BCUT2D eigenvalue weighted by Gasteiger charge is 2.35. The average molecular weight is 468 g/mol. The minimum atomic E-state index is -3.89. The van der Waals surface area contributed by atoms with Crippen molar-refractivity contribution in [3.05, 3.63) is 40.5 Å². The lowest BCUT2D eigenvalue weighted by Crippen LogP contribution is -2.49. The molecule has 1 aliphatic rings. The summed E-state index contributed by atoms with van der Waals surface area (Å²) in [4.78, 5) is 16.6. The molecular formula is C21H30ClN5O3S. The number of halogens is 1. The maximum Gasteiger partial charge on any atom is 0.263 e. The number of sulfonamides is 1. The lowest BCUT2D eigenvalue weighted by Gasteiger charge is -2.36. The van der Waals surface area contributed by atoms with Crippen molar-refractivity contribution in [3.63, 3.8) is 0 Å². The zero-order chi connectivity index (χ0) is 22.8. The fourth-order valence-electron chi connectivity index (χ4n) is 3.72. The summed E-state index contributed by atoms with van der Waals surface area (Å²) in [5.74, 6) is -0.326. The minimum absolute atomic E-state index is 0.120.